The minimum Gasteiger partial charge on any atom is -0.389 e. The van der Waals surface area contributed by atoms with E-state index in [9.17, 15) is 9.18 Å². The van der Waals surface area contributed by atoms with Crippen molar-refractivity contribution in [2.24, 2.45) is 5.73 Å². The maximum atomic E-state index is 13.2. The number of carbonyl (C=O) groups excluding carboxylic acids is 1. The Labute approximate surface area is 128 Å². The summed E-state index contributed by atoms with van der Waals surface area (Å²) in [6.07, 6.45) is 0. The molecule has 2 aromatic rings. The first-order valence-electron chi connectivity index (χ1n) is 6.36. The highest BCUT2D eigenvalue weighted by molar-refractivity contribution is 7.80. The van der Waals surface area contributed by atoms with Crippen LogP contribution in [0.3, 0.4) is 0 Å². The van der Waals surface area contributed by atoms with E-state index in [1.807, 2.05) is 19.9 Å². The first-order valence-corrected chi connectivity index (χ1v) is 6.76. The Hall–Kier alpha value is -2.27. The van der Waals surface area contributed by atoms with E-state index in [1.54, 1.807) is 12.1 Å². The number of nitrogens with two attached hydrogens (primary N) is 1. The van der Waals surface area contributed by atoms with Crippen LogP contribution in [-0.2, 0) is 0 Å². The molecular formula is C16H15FN2OS. The van der Waals surface area contributed by atoms with Gasteiger partial charge in [0.05, 0.1) is 5.69 Å². The lowest BCUT2D eigenvalue weighted by Crippen LogP contribution is -2.18. The molecule has 0 radical (unpaired) electrons. The molecular weight excluding hydrogens is 287 g/mol. The van der Waals surface area contributed by atoms with Gasteiger partial charge in [-0.15, -0.1) is 0 Å². The molecule has 0 atom stereocenters. The summed E-state index contributed by atoms with van der Waals surface area (Å²) >= 11 is 4.88. The number of halogens is 1. The monoisotopic (exact) mass is 302 g/mol. The largest absolute Gasteiger partial charge is 0.389 e. The molecule has 2 rings (SSSR count). The highest BCUT2D eigenvalue weighted by atomic mass is 32.1. The van der Waals surface area contributed by atoms with E-state index in [2.05, 4.69) is 5.32 Å². The third-order valence-corrected chi connectivity index (χ3v) is 3.20. The number of aryl methyl sites for hydroxylation is 2. The van der Waals surface area contributed by atoms with Crippen molar-refractivity contribution in [3.8, 4) is 0 Å². The number of amides is 1. The topological polar surface area (TPSA) is 55.1 Å². The summed E-state index contributed by atoms with van der Waals surface area (Å²) in [4.78, 5) is 12.3. The predicted octanol–water partition coefficient (Wildman–Crippen LogP) is 3.33. The zero-order chi connectivity index (χ0) is 15.6. The SMILES string of the molecule is Cc1cc(C)cc(C(=O)Nc2ccc(F)cc2C(N)=S)c1. The van der Waals surface area contributed by atoms with Crippen LogP contribution in [0.1, 0.15) is 27.0 Å². The van der Waals surface area contributed by atoms with Crippen LogP contribution in [-0.4, -0.2) is 10.9 Å². The number of nitrogens with one attached hydrogen (secondary N) is 1. The fourth-order valence-electron chi connectivity index (χ4n) is 2.13. The number of carbonyl (C=O) groups is 1. The highest BCUT2D eigenvalue weighted by Crippen LogP contribution is 2.19. The minimum atomic E-state index is -0.456. The highest BCUT2D eigenvalue weighted by Gasteiger charge is 2.12. The van der Waals surface area contributed by atoms with Gasteiger partial charge in [0.15, 0.2) is 0 Å². The fraction of sp³-hybridized carbons (Fsp3) is 0.125. The molecule has 0 unspecified atom stereocenters. The van der Waals surface area contributed by atoms with Gasteiger partial charge in [0.25, 0.3) is 5.91 Å². The average molecular weight is 302 g/mol. The van der Waals surface area contributed by atoms with E-state index in [1.165, 1.54) is 18.2 Å². The first-order chi connectivity index (χ1) is 9.86. The third-order valence-electron chi connectivity index (χ3n) is 2.98. The van der Waals surface area contributed by atoms with E-state index in [0.717, 1.165) is 11.1 Å². The van der Waals surface area contributed by atoms with Gasteiger partial charge in [-0.05, 0) is 44.2 Å². The van der Waals surface area contributed by atoms with Crippen LogP contribution < -0.4 is 11.1 Å². The van der Waals surface area contributed by atoms with Crippen molar-refractivity contribution in [2.75, 3.05) is 5.32 Å². The maximum absolute atomic E-state index is 13.2. The molecule has 5 heteroatoms. The summed E-state index contributed by atoms with van der Waals surface area (Å²) in [6, 6.07) is 9.45. The minimum absolute atomic E-state index is 0.0326. The van der Waals surface area contributed by atoms with Crippen LogP contribution in [0.4, 0.5) is 10.1 Å². The van der Waals surface area contributed by atoms with E-state index >= 15 is 0 Å². The van der Waals surface area contributed by atoms with Gasteiger partial charge in [-0.1, -0.05) is 29.4 Å². The van der Waals surface area contributed by atoms with E-state index < -0.39 is 5.82 Å². The van der Waals surface area contributed by atoms with Crippen molar-refractivity contribution in [1.82, 2.24) is 0 Å². The van der Waals surface area contributed by atoms with Gasteiger partial charge in [-0.2, -0.15) is 0 Å². The lowest BCUT2D eigenvalue weighted by atomic mass is 10.1. The average Bonchev–Trinajstić information content (AvgIpc) is 2.39. The van der Waals surface area contributed by atoms with Gasteiger partial charge in [0.2, 0.25) is 0 Å². The van der Waals surface area contributed by atoms with Crippen molar-refractivity contribution in [2.45, 2.75) is 13.8 Å². The van der Waals surface area contributed by atoms with Crippen molar-refractivity contribution in [1.29, 1.82) is 0 Å². The second-order valence-electron chi connectivity index (χ2n) is 4.88. The maximum Gasteiger partial charge on any atom is 0.255 e. The van der Waals surface area contributed by atoms with Crippen LogP contribution in [0.15, 0.2) is 36.4 Å². The molecule has 0 aromatic heterocycles. The molecule has 0 aliphatic heterocycles. The van der Waals surface area contributed by atoms with Crippen LogP contribution in [0.5, 0.6) is 0 Å². The van der Waals surface area contributed by atoms with Crippen LogP contribution in [0.25, 0.3) is 0 Å². The van der Waals surface area contributed by atoms with E-state index in [4.69, 9.17) is 18.0 Å². The summed E-state index contributed by atoms with van der Waals surface area (Å²) in [5.74, 6) is -0.742. The number of rotatable bonds is 3. The second kappa shape index (κ2) is 6.01. The molecule has 0 fully saturated rings. The second-order valence-corrected chi connectivity index (χ2v) is 5.32. The van der Waals surface area contributed by atoms with Crippen molar-refractivity contribution >= 4 is 28.8 Å². The summed E-state index contributed by atoms with van der Waals surface area (Å²) in [6.45, 7) is 3.84. The summed E-state index contributed by atoms with van der Waals surface area (Å²) in [5.41, 5.74) is 8.79. The van der Waals surface area contributed by atoms with E-state index in [-0.39, 0.29) is 10.9 Å². The number of hydrogen-bond donors (Lipinski definition) is 2. The zero-order valence-electron chi connectivity index (χ0n) is 11.7. The molecule has 0 spiro atoms. The lowest BCUT2D eigenvalue weighted by Gasteiger charge is -2.11. The smallest absolute Gasteiger partial charge is 0.255 e. The Morgan fingerprint density at radius 3 is 2.33 bits per heavy atom. The predicted molar refractivity (Wildman–Crippen MR) is 86.2 cm³/mol. The van der Waals surface area contributed by atoms with Gasteiger partial charge in [-0.3, -0.25) is 4.79 Å². The Kier molecular flexibility index (Phi) is 4.33. The Morgan fingerprint density at radius 2 is 1.76 bits per heavy atom. The Balaban J connectivity index is 2.33. The van der Waals surface area contributed by atoms with Crippen LogP contribution in [0, 0.1) is 19.7 Å². The van der Waals surface area contributed by atoms with Crippen molar-refractivity contribution < 1.29 is 9.18 Å². The molecule has 21 heavy (non-hydrogen) atoms. The molecule has 0 aliphatic rings. The van der Waals surface area contributed by atoms with Gasteiger partial charge in [0.1, 0.15) is 10.8 Å². The Morgan fingerprint density at radius 1 is 1.14 bits per heavy atom. The first kappa shape index (κ1) is 15.1. The van der Waals surface area contributed by atoms with E-state index in [0.29, 0.717) is 16.8 Å². The molecule has 1 amide bonds. The Bertz CT molecular complexity index is 708. The number of thiocarbonyl (C=S) groups is 1. The molecule has 0 aliphatic carbocycles. The molecule has 0 saturated heterocycles. The van der Waals surface area contributed by atoms with Gasteiger partial charge >= 0.3 is 0 Å². The normalized spacial score (nSPS) is 10.2. The molecule has 2 aromatic carbocycles. The van der Waals surface area contributed by atoms with Crippen molar-refractivity contribution in [3.63, 3.8) is 0 Å². The molecule has 3 N–H and O–H groups in total. The van der Waals surface area contributed by atoms with Crippen molar-refractivity contribution in [3.05, 3.63) is 64.5 Å². The van der Waals surface area contributed by atoms with Gasteiger partial charge in [0, 0.05) is 11.1 Å². The van der Waals surface area contributed by atoms with Crippen LogP contribution in [0.2, 0.25) is 0 Å². The molecule has 108 valence electrons. The standard InChI is InChI=1S/C16H15FN2OS/c1-9-5-10(2)7-11(6-9)16(20)19-14-4-3-12(17)8-13(14)15(18)21/h3-8H,1-2H3,(H2,18,21)(H,19,20). The quantitative estimate of drug-likeness (QED) is 0.855. The lowest BCUT2D eigenvalue weighted by molar-refractivity contribution is 0.102. The number of benzene rings is 2. The van der Waals surface area contributed by atoms with Crippen LogP contribution >= 0.6 is 12.2 Å². The number of anilines is 1. The summed E-state index contributed by atoms with van der Waals surface area (Å²) in [5, 5.41) is 2.72. The molecule has 3 nitrogen and oxygen atoms in total. The van der Waals surface area contributed by atoms with Gasteiger partial charge in [-0.25, -0.2) is 4.39 Å². The third kappa shape index (κ3) is 3.64. The summed E-state index contributed by atoms with van der Waals surface area (Å²) < 4.78 is 13.2. The fourth-order valence-corrected chi connectivity index (χ4v) is 2.30. The summed E-state index contributed by atoms with van der Waals surface area (Å²) in [7, 11) is 0. The molecule has 0 heterocycles. The zero-order valence-corrected chi connectivity index (χ0v) is 12.6. The van der Waals surface area contributed by atoms with Gasteiger partial charge < -0.3 is 11.1 Å². The molecule has 0 saturated carbocycles. The number of hydrogen-bond acceptors (Lipinski definition) is 2. The molecule has 0 bridgehead atoms.